The lowest BCUT2D eigenvalue weighted by Crippen LogP contribution is -2.46. The molecule has 0 aromatic heterocycles. The van der Waals surface area contributed by atoms with Gasteiger partial charge in [0.1, 0.15) is 0 Å². The molecular formula is C13H20ClN4O+. The summed E-state index contributed by atoms with van der Waals surface area (Å²) in [6.45, 7) is 1.89. The number of amides is 2. The maximum Gasteiger partial charge on any atom is 0.384 e. The van der Waals surface area contributed by atoms with Crippen LogP contribution in [0.1, 0.15) is 5.56 Å². The Bertz CT molecular complexity index is 487. The third-order valence-corrected chi connectivity index (χ3v) is 2.85. The Kier molecular flexibility index (Phi) is 5.18. The van der Waals surface area contributed by atoms with E-state index in [4.69, 9.17) is 11.6 Å². The fourth-order valence-corrected chi connectivity index (χ4v) is 1.93. The number of hydrogen-bond acceptors (Lipinski definition) is 1. The van der Waals surface area contributed by atoms with Gasteiger partial charge in [-0.3, -0.25) is 14.8 Å². The monoisotopic (exact) mass is 283 g/mol. The van der Waals surface area contributed by atoms with Crippen molar-refractivity contribution >= 4 is 29.3 Å². The maximum absolute atomic E-state index is 12.0. The maximum atomic E-state index is 12.0. The standard InChI is InChI=1S/C13H19ClN4O/c1-9-7-6-8-10(14)11(9)15-12(19)16-13(17(2)3)18(4)5/h6-8H,1-5H3,(H,15,19)/p+1. The van der Waals surface area contributed by atoms with Crippen LogP contribution in [0.2, 0.25) is 5.02 Å². The molecule has 0 bridgehead atoms. The normalized spacial score (nSPS) is 9.79. The SMILES string of the molecule is Cc1cccc(Cl)c1NC(=O)NC(N(C)C)=[N+](C)C. The van der Waals surface area contributed by atoms with Gasteiger partial charge in [-0.25, -0.2) is 4.79 Å². The highest BCUT2D eigenvalue weighted by Gasteiger charge is 2.17. The molecule has 0 aliphatic rings. The van der Waals surface area contributed by atoms with Crippen LogP contribution in [0, 0.1) is 6.92 Å². The molecule has 104 valence electrons. The summed E-state index contributed by atoms with van der Waals surface area (Å²) in [6, 6.07) is 5.16. The minimum Gasteiger partial charge on any atom is -0.293 e. The van der Waals surface area contributed by atoms with Gasteiger partial charge in [0.15, 0.2) is 0 Å². The van der Waals surface area contributed by atoms with Crippen molar-refractivity contribution in [1.29, 1.82) is 0 Å². The van der Waals surface area contributed by atoms with Crippen LogP contribution in [-0.2, 0) is 0 Å². The Balaban J connectivity index is 2.84. The average molecular weight is 284 g/mol. The van der Waals surface area contributed by atoms with Gasteiger partial charge in [-0.2, -0.15) is 5.32 Å². The number of carbonyl (C=O) groups is 1. The van der Waals surface area contributed by atoms with Gasteiger partial charge >= 0.3 is 12.0 Å². The zero-order valence-corrected chi connectivity index (χ0v) is 12.7. The predicted octanol–water partition coefficient (Wildman–Crippen LogP) is 1.96. The van der Waals surface area contributed by atoms with E-state index < -0.39 is 0 Å². The zero-order valence-electron chi connectivity index (χ0n) is 11.9. The molecule has 0 saturated carbocycles. The molecule has 2 N–H and O–H groups in total. The van der Waals surface area contributed by atoms with Crippen molar-refractivity contribution in [3.05, 3.63) is 28.8 Å². The number of para-hydroxylation sites is 1. The van der Waals surface area contributed by atoms with Gasteiger partial charge < -0.3 is 0 Å². The van der Waals surface area contributed by atoms with E-state index in [2.05, 4.69) is 10.6 Å². The number of halogens is 1. The molecule has 0 spiro atoms. The molecule has 0 aliphatic carbocycles. The number of guanidine groups is 1. The first kappa shape index (κ1) is 15.3. The van der Waals surface area contributed by atoms with E-state index in [0.717, 1.165) is 5.56 Å². The van der Waals surface area contributed by atoms with Gasteiger partial charge in [-0.1, -0.05) is 23.7 Å². The second-order valence-electron chi connectivity index (χ2n) is 4.62. The Morgan fingerprint density at radius 2 is 1.95 bits per heavy atom. The Morgan fingerprint density at radius 1 is 1.32 bits per heavy atom. The van der Waals surface area contributed by atoms with Crippen molar-refractivity contribution in [1.82, 2.24) is 10.2 Å². The quantitative estimate of drug-likeness (QED) is 0.470. The van der Waals surface area contributed by atoms with Crippen LogP contribution in [0.3, 0.4) is 0 Å². The van der Waals surface area contributed by atoms with Crippen molar-refractivity contribution in [2.24, 2.45) is 0 Å². The van der Waals surface area contributed by atoms with Gasteiger partial charge in [-0.05, 0) is 18.6 Å². The van der Waals surface area contributed by atoms with Crippen LogP contribution in [0.4, 0.5) is 10.5 Å². The van der Waals surface area contributed by atoms with Gasteiger partial charge in [-0.15, -0.1) is 0 Å². The van der Waals surface area contributed by atoms with E-state index in [0.29, 0.717) is 16.7 Å². The van der Waals surface area contributed by atoms with Crippen molar-refractivity contribution < 1.29 is 9.37 Å². The van der Waals surface area contributed by atoms with Crippen molar-refractivity contribution in [3.8, 4) is 0 Å². The lowest BCUT2D eigenvalue weighted by atomic mass is 10.2. The smallest absolute Gasteiger partial charge is 0.293 e. The molecule has 0 fully saturated rings. The Hall–Kier alpha value is -1.75. The number of nitrogens with one attached hydrogen (secondary N) is 2. The lowest BCUT2D eigenvalue weighted by Gasteiger charge is -2.13. The number of aryl methyl sites for hydroxylation is 1. The molecule has 0 saturated heterocycles. The number of benzene rings is 1. The second kappa shape index (κ2) is 6.43. The molecule has 6 heteroatoms. The molecule has 5 nitrogen and oxygen atoms in total. The van der Waals surface area contributed by atoms with Gasteiger partial charge in [0.25, 0.3) is 0 Å². The number of carbonyl (C=O) groups excluding carboxylic acids is 1. The molecule has 19 heavy (non-hydrogen) atoms. The van der Waals surface area contributed by atoms with E-state index in [9.17, 15) is 4.79 Å². The second-order valence-corrected chi connectivity index (χ2v) is 5.03. The molecule has 0 unspecified atom stereocenters. The van der Waals surface area contributed by atoms with Crippen LogP contribution in [0.25, 0.3) is 0 Å². The fraction of sp³-hybridized carbons (Fsp3) is 0.385. The van der Waals surface area contributed by atoms with Crippen LogP contribution in [0.5, 0.6) is 0 Å². The first-order chi connectivity index (χ1) is 8.82. The topological polar surface area (TPSA) is 47.4 Å². The molecule has 0 atom stereocenters. The van der Waals surface area contributed by atoms with E-state index in [1.54, 1.807) is 6.07 Å². The van der Waals surface area contributed by atoms with Crippen molar-refractivity contribution in [2.45, 2.75) is 6.92 Å². The number of rotatable bonds is 1. The molecular weight excluding hydrogens is 264 g/mol. The fourth-order valence-electron chi connectivity index (χ4n) is 1.66. The highest BCUT2D eigenvalue weighted by molar-refractivity contribution is 6.34. The molecule has 0 aliphatic heterocycles. The highest BCUT2D eigenvalue weighted by atomic mass is 35.5. The number of nitrogens with zero attached hydrogens (tertiary/aromatic N) is 2. The van der Waals surface area contributed by atoms with Crippen LogP contribution >= 0.6 is 11.6 Å². The van der Waals surface area contributed by atoms with Crippen molar-refractivity contribution in [3.63, 3.8) is 0 Å². The molecule has 1 rings (SSSR count). The number of anilines is 1. The largest absolute Gasteiger partial charge is 0.384 e. The molecule has 1 aromatic carbocycles. The first-order valence-electron chi connectivity index (χ1n) is 5.87. The summed E-state index contributed by atoms with van der Waals surface area (Å²) in [5.74, 6) is 0.683. The summed E-state index contributed by atoms with van der Waals surface area (Å²) in [4.78, 5) is 13.8. The van der Waals surface area contributed by atoms with Crippen LogP contribution in [-0.4, -0.2) is 49.7 Å². The molecule has 2 amide bonds. The van der Waals surface area contributed by atoms with E-state index in [-0.39, 0.29) is 6.03 Å². The summed E-state index contributed by atoms with van der Waals surface area (Å²) in [7, 11) is 7.43. The Morgan fingerprint density at radius 3 is 2.42 bits per heavy atom. The van der Waals surface area contributed by atoms with Gasteiger partial charge in [0, 0.05) is 0 Å². The van der Waals surface area contributed by atoms with E-state index >= 15 is 0 Å². The van der Waals surface area contributed by atoms with Crippen LogP contribution in [0.15, 0.2) is 18.2 Å². The third-order valence-electron chi connectivity index (χ3n) is 2.53. The van der Waals surface area contributed by atoms with Crippen LogP contribution < -0.4 is 10.6 Å². The predicted molar refractivity (Wildman–Crippen MR) is 79.1 cm³/mol. The van der Waals surface area contributed by atoms with E-state index in [1.807, 2.05) is 56.7 Å². The minimum atomic E-state index is -0.325. The van der Waals surface area contributed by atoms with Crippen molar-refractivity contribution in [2.75, 3.05) is 33.5 Å². The highest BCUT2D eigenvalue weighted by Crippen LogP contribution is 2.24. The third kappa shape index (κ3) is 4.13. The van der Waals surface area contributed by atoms with E-state index in [1.165, 1.54) is 0 Å². The molecule has 1 aromatic rings. The number of hydrogen-bond donors (Lipinski definition) is 2. The summed E-state index contributed by atoms with van der Waals surface area (Å²) in [5.41, 5.74) is 1.54. The number of urea groups is 1. The van der Waals surface area contributed by atoms with Gasteiger partial charge in [0.05, 0.1) is 38.9 Å². The summed E-state index contributed by atoms with van der Waals surface area (Å²) >= 11 is 6.07. The minimum absolute atomic E-state index is 0.325. The summed E-state index contributed by atoms with van der Waals surface area (Å²) in [5, 5.41) is 6.06. The lowest BCUT2D eigenvalue weighted by molar-refractivity contribution is -0.471. The average Bonchev–Trinajstić information content (AvgIpc) is 2.30. The zero-order chi connectivity index (χ0) is 14.6. The molecule has 0 heterocycles. The van der Waals surface area contributed by atoms with Gasteiger partial charge in [0.2, 0.25) is 0 Å². The Labute approximate surface area is 118 Å². The summed E-state index contributed by atoms with van der Waals surface area (Å²) in [6.07, 6.45) is 0. The summed E-state index contributed by atoms with van der Waals surface area (Å²) < 4.78 is 1.82. The molecule has 0 radical (unpaired) electrons. The first-order valence-corrected chi connectivity index (χ1v) is 6.25.